The normalized spacial score (nSPS) is 10.1. The number of rotatable bonds is 7. The molecule has 0 saturated carbocycles. The maximum atomic E-state index is 12.1. The molecule has 0 saturated heterocycles. The number of anilines is 2. The predicted molar refractivity (Wildman–Crippen MR) is 98.3 cm³/mol. The standard InChI is InChI=1S/C18H19BrN2O3/c1-2-24-18(23)13-7-3-5-9-15(13)21-17(22)11-12-20-16-10-6-4-8-14(16)19/h3-10,20H,2,11-12H2,1H3,(H,21,22). The first kappa shape index (κ1) is 18.0. The molecule has 0 atom stereocenters. The highest BCUT2D eigenvalue weighted by atomic mass is 79.9. The smallest absolute Gasteiger partial charge is 0.340 e. The van der Waals surface area contributed by atoms with E-state index in [9.17, 15) is 9.59 Å². The van der Waals surface area contributed by atoms with Gasteiger partial charge in [0.1, 0.15) is 0 Å². The van der Waals surface area contributed by atoms with Crippen molar-refractivity contribution in [3.8, 4) is 0 Å². The topological polar surface area (TPSA) is 67.4 Å². The van der Waals surface area contributed by atoms with Gasteiger partial charge in [0.05, 0.1) is 17.9 Å². The zero-order valence-electron chi connectivity index (χ0n) is 13.3. The molecule has 0 aliphatic carbocycles. The van der Waals surface area contributed by atoms with E-state index < -0.39 is 5.97 Å². The van der Waals surface area contributed by atoms with Gasteiger partial charge in [-0.05, 0) is 47.1 Å². The van der Waals surface area contributed by atoms with Crippen LogP contribution in [0.5, 0.6) is 0 Å². The second kappa shape index (κ2) is 9.08. The number of carbonyl (C=O) groups excluding carboxylic acids is 2. The summed E-state index contributed by atoms with van der Waals surface area (Å²) in [7, 11) is 0. The highest BCUT2D eigenvalue weighted by Crippen LogP contribution is 2.21. The number of para-hydroxylation sites is 2. The fourth-order valence-corrected chi connectivity index (χ4v) is 2.53. The molecule has 0 bridgehead atoms. The Morgan fingerprint density at radius 2 is 1.71 bits per heavy atom. The number of hydrogen-bond acceptors (Lipinski definition) is 4. The molecule has 2 aromatic rings. The Morgan fingerprint density at radius 1 is 1.04 bits per heavy atom. The van der Waals surface area contributed by atoms with Crippen LogP contribution in [0, 0.1) is 0 Å². The molecule has 126 valence electrons. The van der Waals surface area contributed by atoms with Crippen molar-refractivity contribution in [1.82, 2.24) is 0 Å². The quantitative estimate of drug-likeness (QED) is 0.699. The molecule has 0 spiro atoms. The first-order valence-corrected chi connectivity index (χ1v) is 8.45. The average molecular weight is 391 g/mol. The maximum Gasteiger partial charge on any atom is 0.340 e. The van der Waals surface area contributed by atoms with Gasteiger partial charge in [-0.25, -0.2) is 4.79 Å². The molecule has 2 N–H and O–H groups in total. The molecule has 5 nitrogen and oxygen atoms in total. The van der Waals surface area contributed by atoms with Gasteiger partial charge in [-0.2, -0.15) is 0 Å². The molecule has 2 aromatic carbocycles. The first-order valence-electron chi connectivity index (χ1n) is 7.66. The third-order valence-corrected chi connectivity index (χ3v) is 3.93. The summed E-state index contributed by atoms with van der Waals surface area (Å²) in [4.78, 5) is 24.0. The number of halogens is 1. The number of nitrogens with one attached hydrogen (secondary N) is 2. The SMILES string of the molecule is CCOC(=O)c1ccccc1NC(=O)CCNc1ccccc1Br. The third kappa shape index (κ3) is 5.09. The van der Waals surface area contributed by atoms with Gasteiger partial charge in [-0.15, -0.1) is 0 Å². The highest BCUT2D eigenvalue weighted by molar-refractivity contribution is 9.10. The van der Waals surface area contributed by atoms with E-state index in [1.807, 2.05) is 24.3 Å². The van der Waals surface area contributed by atoms with Crippen LogP contribution in [0.4, 0.5) is 11.4 Å². The Kier molecular flexibility index (Phi) is 6.81. The molecule has 2 rings (SSSR count). The molecular formula is C18H19BrN2O3. The molecule has 0 heterocycles. The van der Waals surface area contributed by atoms with Gasteiger partial charge in [-0.3, -0.25) is 4.79 Å². The first-order chi connectivity index (χ1) is 11.6. The molecule has 0 aromatic heterocycles. The summed E-state index contributed by atoms with van der Waals surface area (Å²) in [6.07, 6.45) is 0.276. The van der Waals surface area contributed by atoms with Gasteiger partial charge in [0.25, 0.3) is 0 Å². The largest absolute Gasteiger partial charge is 0.462 e. The van der Waals surface area contributed by atoms with E-state index in [0.29, 0.717) is 17.8 Å². The molecule has 0 aliphatic rings. The van der Waals surface area contributed by atoms with Crippen LogP contribution in [0.2, 0.25) is 0 Å². The second-order valence-corrected chi connectivity index (χ2v) is 5.83. The summed E-state index contributed by atoms with van der Waals surface area (Å²) in [5.74, 6) is -0.619. The molecule has 0 unspecified atom stereocenters. The van der Waals surface area contributed by atoms with E-state index >= 15 is 0 Å². The van der Waals surface area contributed by atoms with Crippen LogP contribution < -0.4 is 10.6 Å². The molecular weight excluding hydrogens is 372 g/mol. The van der Waals surface area contributed by atoms with Crippen molar-refractivity contribution in [1.29, 1.82) is 0 Å². The number of benzene rings is 2. The summed E-state index contributed by atoms with van der Waals surface area (Å²) in [5.41, 5.74) is 1.74. The van der Waals surface area contributed by atoms with Gasteiger partial charge in [0.15, 0.2) is 0 Å². The Balaban J connectivity index is 1.91. The third-order valence-electron chi connectivity index (χ3n) is 3.24. The lowest BCUT2D eigenvalue weighted by Crippen LogP contribution is -2.18. The van der Waals surface area contributed by atoms with Gasteiger partial charge >= 0.3 is 5.97 Å². The van der Waals surface area contributed by atoms with Crippen molar-refractivity contribution in [2.75, 3.05) is 23.8 Å². The van der Waals surface area contributed by atoms with Crippen molar-refractivity contribution in [2.24, 2.45) is 0 Å². The Bertz CT molecular complexity index is 719. The van der Waals surface area contributed by atoms with E-state index in [0.717, 1.165) is 10.2 Å². The van der Waals surface area contributed by atoms with Crippen LogP contribution in [0.25, 0.3) is 0 Å². The van der Waals surface area contributed by atoms with Crippen molar-refractivity contribution in [3.05, 3.63) is 58.6 Å². The fourth-order valence-electron chi connectivity index (χ4n) is 2.11. The number of amides is 1. The van der Waals surface area contributed by atoms with E-state index in [4.69, 9.17) is 4.74 Å². The molecule has 0 fully saturated rings. The zero-order valence-corrected chi connectivity index (χ0v) is 14.9. The Morgan fingerprint density at radius 3 is 2.42 bits per heavy atom. The zero-order chi connectivity index (χ0) is 17.4. The summed E-state index contributed by atoms with van der Waals surface area (Å²) < 4.78 is 5.94. The minimum atomic E-state index is -0.445. The van der Waals surface area contributed by atoms with E-state index in [1.54, 1.807) is 31.2 Å². The fraction of sp³-hybridized carbons (Fsp3) is 0.222. The van der Waals surface area contributed by atoms with Crippen molar-refractivity contribution < 1.29 is 14.3 Å². The Hall–Kier alpha value is -2.34. The van der Waals surface area contributed by atoms with Gasteiger partial charge in [0.2, 0.25) is 5.91 Å². The lowest BCUT2D eigenvalue weighted by atomic mass is 10.1. The summed E-state index contributed by atoms with van der Waals surface area (Å²) >= 11 is 3.44. The van der Waals surface area contributed by atoms with Crippen molar-refractivity contribution in [3.63, 3.8) is 0 Å². The van der Waals surface area contributed by atoms with Gasteiger partial charge < -0.3 is 15.4 Å². The monoisotopic (exact) mass is 390 g/mol. The number of ether oxygens (including phenoxy) is 1. The van der Waals surface area contributed by atoms with E-state index in [2.05, 4.69) is 26.6 Å². The minimum Gasteiger partial charge on any atom is -0.462 e. The van der Waals surface area contributed by atoms with E-state index in [1.165, 1.54) is 0 Å². The van der Waals surface area contributed by atoms with E-state index in [-0.39, 0.29) is 18.9 Å². The van der Waals surface area contributed by atoms with Crippen molar-refractivity contribution in [2.45, 2.75) is 13.3 Å². The summed E-state index contributed by atoms with van der Waals surface area (Å²) in [5, 5.41) is 5.95. The Labute approximate surface area is 149 Å². The molecule has 0 aliphatic heterocycles. The number of esters is 1. The van der Waals surface area contributed by atoms with Crippen LogP contribution in [-0.4, -0.2) is 25.0 Å². The van der Waals surface area contributed by atoms with Crippen molar-refractivity contribution >= 4 is 39.2 Å². The maximum absolute atomic E-state index is 12.1. The number of hydrogen-bond donors (Lipinski definition) is 2. The van der Waals surface area contributed by atoms with Gasteiger partial charge in [0, 0.05) is 23.1 Å². The second-order valence-electron chi connectivity index (χ2n) is 4.97. The molecule has 1 amide bonds. The lowest BCUT2D eigenvalue weighted by Gasteiger charge is -2.11. The lowest BCUT2D eigenvalue weighted by molar-refractivity contribution is -0.115. The van der Waals surface area contributed by atoms with Gasteiger partial charge in [-0.1, -0.05) is 24.3 Å². The highest BCUT2D eigenvalue weighted by Gasteiger charge is 2.13. The minimum absolute atomic E-state index is 0.175. The van der Waals surface area contributed by atoms with Crippen LogP contribution >= 0.6 is 15.9 Å². The van der Waals surface area contributed by atoms with Crippen LogP contribution in [0.15, 0.2) is 53.0 Å². The number of carbonyl (C=O) groups is 2. The van der Waals surface area contributed by atoms with Crippen LogP contribution in [-0.2, 0) is 9.53 Å². The average Bonchev–Trinajstić information content (AvgIpc) is 2.57. The molecule has 6 heteroatoms. The molecule has 24 heavy (non-hydrogen) atoms. The summed E-state index contributed by atoms with van der Waals surface area (Å²) in [6.45, 7) is 2.51. The predicted octanol–water partition coefficient (Wildman–Crippen LogP) is 4.07. The van der Waals surface area contributed by atoms with Crippen LogP contribution in [0.3, 0.4) is 0 Å². The summed E-state index contributed by atoms with van der Waals surface area (Å²) in [6, 6.07) is 14.5. The van der Waals surface area contributed by atoms with Crippen LogP contribution in [0.1, 0.15) is 23.7 Å². The molecule has 0 radical (unpaired) electrons.